The van der Waals surface area contributed by atoms with Crippen LogP contribution in [0.15, 0.2) is 54.6 Å². The Bertz CT molecular complexity index is 1110. The first kappa shape index (κ1) is 16.4. The van der Waals surface area contributed by atoms with Crippen LogP contribution in [0.5, 0.6) is 0 Å². The van der Waals surface area contributed by atoms with Crippen LogP contribution in [0, 0.1) is 6.92 Å². The second-order valence-corrected chi connectivity index (χ2v) is 6.44. The largest absolute Gasteiger partial charge is 0.313 e. The summed E-state index contributed by atoms with van der Waals surface area (Å²) < 4.78 is 3.55. The summed E-state index contributed by atoms with van der Waals surface area (Å²) in [5.41, 5.74) is 3.72. The summed E-state index contributed by atoms with van der Waals surface area (Å²) in [5, 5.41) is 7.84. The molecule has 0 bridgehead atoms. The predicted molar refractivity (Wildman–Crippen MR) is 102 cm³/mol. The van der Waals surface area contributed by atoms with Gasteiger partial charge in [-0.2, -0.15) is 5.10 Å². The summed E-state index contributed by atoms with van der Waals surface area (Å²) in [6.07, 6.45) is 0. The third-order valence-corrected chi connectivity index (χ3v) is 4.42. The van der Waals surface area contributed by atoms with Crippen molar-refractivity contribution < 1.29 is 4.79 Å². The van der Waals surface area contributed by atoms with E-state index in [1.54, 1.807) is 22.9 Å². The molecule has 0 saturated heterocycles. The molecule has 26 heavy (non-hydrogen) atoms. The van der Waals surface area contributed by atoms with E-state index in [4.69, 9.17) is 11.6 Å². The highest BCUT2D eigenvalue weighted by Crippen LogP contribution is 2.22. The third kappa shape index (κ3) is 2.84. The van der Waals surface area contributed by atoms with Gasteiger partial charge in [0.1, 0.15) is 0 Å². The van der Waals surface area contributed by atoms with Gasteiger partial charge >= 0.3 is 0 Å². The molecule has 2 aromatic carbocycles. The van der Waals surface area contributed by atoms with E-state index in [-0.39, 0.29) is 5.91 Å². The minimum absolute atomic E-state index is 0.313. The second kappa shape index (κ2) is 6.31. The fraction of sp³-hybridized carbons (Fsp3) is 0.105. The molecule has 1 N–H and O–H groups in total. The standard InChI is InChI=1S/C19H16ClN5O/c1-12-10-16(23-25(12)14-6-4-3-5-7-14)18(26)22-19-21-15-11-13(20)8-9-17(15)24(19)2/h3-11H,1-2H3,(H,21,22,26). The molecule has 6 nitrogen and oxygen atoms in total. The number of amides is 1. The van der Waals surface area contributed by atoms with Gasteiger partial charge in [0.25, 0.3) is 5.91 Å². The van der Waals surface area contributed by atoms with Gasteiger partial charge in [0.2, 0.25) is 5.95 Å². The highest BCUT2D eigenvalue weighted by molar-refractivity contribution is 6.31. The number of fused-ring (bicyclic) bond motifs is 1. The maximum absolute atomic E-state index is 12.6. The summed E-state index contributed by atoms with van der Waals surface area (Å²) >= 11 is 6.01. The van der Waals surface area contributed by atoms with Crippen LogP contribution in [0.3, 0.4) is 0 Å². The second-order valence-electron chi connectivity index (χ2n) is 6.00. The Labute approximate surface area is 155 Å². The van der Waals surface area contributed by atoms with Crippen LogP contribution >= 0.6 is 11.6 Å². The Morgan fingerprint density at radius 1 is 1.12 bits per heavy atom. The topological polar surface area (TPSA) is 64.7 Å². The van der Waals surface area contributed by atoms with Gasteiger partial charge in [-0.1, -0.05) is 29.8 Å². The molecule has 0 aliphatic carbocycles. The van der Waals surface area contributed by atoms with Gasteiger partial charge in [0, 0.05) is 17.8 Å². The number of carbonyl (C=O) groups excluding carboxylic acids is 1. The van der Waals surface area contributed by atoms with Crippen molar-refractivity contribution in [2.75, 3.05) is 5.32 Å². The molecule has 2 heterocycles. The van der Waals surface area contributed by atoms with Crippen LogP contribution in [0.2, 0.25) is 5.02 Å². The molecule has 0 aliphatic heterocycles. The quantitative estimate of drug-likeness (QED) is 0.597. The molecule has 1 amide bonds. The summed E-state index contributed by atoms with van der Waals surface area (Å²) in [5.74, 6) is 0.131. The Hall–Kier alpha value is -3.12. The Morgan fingerprint density at radius 3 is 2.65 bits per heavy atom. The van der Waals surface area contributed by atoms with Gasteiger partial charge in [-0.3, -0.25) is 10.1 Å². The summed E-state index contributed by atoms with van der Waals surface area (Å²) in [7, 11) is 1.84. The van der Waals surface area contributed by atoms with Crippen molar-refractivity contribution in [3.05, 3.63) is 71.0 Å². The minimum Gasteiger partial charge on any atom is -0.313 e. The average molecular weight is 366 g/mol. The Kier molecular flexibility index (Phi) is 3.97. The lowest BCUT2D eigenvalue weighted by molar-refractivity contribution is 0.102. The Balaban J connectivity index is 1.64. The van der Waals surface area contributed by atoms with Crippen molar-refractivity contribution in [1.29, 1.82) is 0 Å². The lowest BCUT2D eigenvalue weighted by atomic mass is 10.3. The van der Waals surface area contributed by atoms with E-state index < -0.39 is 0 Å². The van der Waals surface area contributed by atoms with Gasteiger partial charge in [-0.05, 0) is 43.3 Å². The van der Waals surface area contributed by atoms with Crippen molar-refractivity contribution in [2.24, 2.45) is 7.05 Å². The van der Waals surface area contributed by atoms with Crippen LogP contribution in [0.4, 0.5) is 5.95 Å². The van der Waals surface area contributed by atoms with Crippen molar-refractivity contribution in [2.45, 2.75) is 6.92 Å². The van der Waals surface area contributed by atoms with Crippen LogP contribution in [0.25, 0.3) is 16.7 Å². The third-order valence-electron chi connectivity index (χ3n) is 4.19. The zero-order valence-corrected chi connectivity index (χ0v) is 15.0. The summed E-state index contributed by atoms with van der Waals surface area (Å²) in [6, 6.07) is 16.9. The SMILES string of the molecule is Cc1cc(C(=O)Nc2nc3cc(Cl)ccc3n2C)nn1-c1ccccc1. The highest BCUT2D eigenvalue weighted by Gasteiger charge is 2.16. The van der Waals surface area contributed by atoms with E-state index in [0.29, 0.717) is 16.7 Å². The molecule has 0 radical (unpaired) electrons. The van der Waals surface area contributed by atoms with Gasteiger partial charge in [-0.15, -0.1) is 0 Å². The van der Waals surface area contributed by atoms with Crippen LogP contribution in [-0.4, -0.2) is 25.2 Å². The van der Waals surface area contributed by atoms with Crippen molar-refractivity contribution in [3.8, 4) is 5.69 Å². The molecule has 130 valence electrons. The lowest BCUT2D eigenvalue weighted by Gasteiger charge is -2.04. The van der Waals surface area contributed by atoms with Crippen LogP contribution in [-0.2, 0) is 7.05 Å². The molecule has 0 atom stereocenters. The molecule has 7 heteroatoms. The number of rotatable bonds is 3. The number of halogens is 1. The first-order valence-electron chi connectivity index (χ1n) is 8.08. The molecule has 2 aromatic heterocycles. The summed E-state index contributed by atoms with van der Waals surface area (Å²) in [6.45, 7) is 1.91. The highest BCUT2D eigenvalue weighted by atomic mass is 35.5. The summed E-state index contributed by atoms with van der Waals surface area (Å²) in [4.78, 5) is 17.1. The zero-order chi connectivity index (χ0) is 18.3. The number of aromatic nitrogens is 4. The first-order chi connectivity index (χ1) is 12.5. The number of imidazole rings is 1. The number of benzene rings is 2. The van der Waals surface area contributed by atoms with E-state index in [1.807, 2.05) is 54.9 Å². The number of hydrogen-bond donors (Lipinski definition) is 1. The van der Waals surface area contributed by atoms with E-state index in [1.165, 1.54) is 0 Å². The molecule has 0 fully saturated rings. The van der Waals surface area contributed by atoms with E-state index in [9.17, 15) is 4.79 Å². The fourth-order valence-corrected chi connectivity index (χ4v) is 3.03. The van der Waals surface area contributed by atoms with E-state index >= 15 is 0 Å². The molecular formula is C19H16ClN5O. The number of nitrogens with zero attached hydrogens (tertiary/aromatic N) is 4. The molecule has 0 spiro atoms. The van der Waals surface area contributed by atoms with E-state index in [2.05, 4.69) is 15.4 Å². The molecule has 0 saturated carbocycles. The fourth-order valence-electron chi connectivity index (χ4n) is 2.87. The van der Waals surface area contributed by atoms with Gasteiger partial charge in [0.15, 0.2) is 5.69 Å². The monoisotopic (exact) mass is 365 g/mol. The predicted octanol–water partition coefficient (Wildman–Crippen LogP) is 3.97. The molecular weight excluding hydrogens is 350 g/mol. The molecule has 4 aromatic rings. The number of anilines is 1. The minimum atomic E-state index is -0.313. The number of carbonyl (C=O) groups is 1. The first-order valence-corrected chi connectivity index (χ1v) is 8.46. The van der Waals surface area contributed by atoms with Gasteiger partial charge in [0.05, 0.1) is 16.7 Å². The lowest BCUT2D eigenvalue weighted by Crippen LogP contribution is -2.16. The number of hydrogen-bond acceptors (Lipinski definition) is 3. The molecule has 4 rings (SSSR count). The smallest absolute Gasteiger partial charge is 0.278 e. The average Bonchev–Trinajstić information content (AvgIpc) is 3.16. The number of para-hydroxylation sites is 1. The van der Waals surface area contributed by atoms with E-state index in [0.717, 1.165) is 22.4 Å². The van der Waals surface area contributed by atoms with Crippen LogP contribution in [0.1, 0.15) is 16.2 Å². The van der Waals surface area contributed by atoms with Crippen molar-refractivity contribution >= 4 is 34.5 Å². The Morgan fingerprint density at radius 2 is 1.88 bits per heavy atom. The maximum atomic E-state index is 12.6. The molecule has 0 unspecified atom stereocenters. The van der Waals surface area contributed by atoms with Crippen molar-refractivity contribution in [1.82, 2.24) is 19.3 Å². The van der Waals surface area contributed by atoms with Crippen molar-refractivity contribution in [3.63, 3.8) is 0 Å². The van der Waals surface area contributed by atoms with Gasteiger partial charge in [-0.25, -0.2) is 9.67 Å². The number of nitrogens with one attached hydrogen (secondary N) is 1. The number of aryl methyl sites for hydroxylation is 2. The molecule has 0 aliphatic rings. The normalized spacial score (nSPS) is 11.0. The van der Waals surface area contributed by atoms with Crippen LogP contribution < -0.4 is 5.32 Å². The zero-order valence-electron chi connectivity index (χ0n) is 14.3. The maximum Gasteiger partial charge on any atom is 0.278 e. The van der Waals surface area contributed by atoms with Gasteiger partial charge < -0.3 is 4.57 Å².